The third kappa shape index (κ3) is 4.09. The van der Waals surface area contributed by atoms with Crippen molar-refractivity contribution < 1.29 is 4.79 Å². The van der Waals surface area contributed by atoms with E-state index in [0.29, 0.717) is 18.6 Å². The highest BCUT2D eigenvalue weighted by atomic mass is 16.2. The van der Waals surface area contributed by atoms with Gasteiger partial charge in [-0.05, 0) is 19.3 Å². The zero-order valence-corrected chi connectivity index (χ0v) is 12.8. The summed E-state index contributed by atoms with van der Waals surface area (Å²) < 4.78 is 0. The number of carbonyl (C=O) groups excluding carboxylic acids is 1. The van der Waals surface area contributed by atoms with E-state index in [1.807, 2.05) is 4.90 Å². The van der Waals surface area contributed by atoms with Crippen molar-refractivity contribution in [3.05, 3.63) is 0 Å². The second-order valence-electron chi connectivity index (χ2n) is 6.11. The topological polar surface area (TPSA) is 61.6 Å². The first-order chi connectivity index (χ1) is 9.74. The summed E-state index contributed by atoms with van der Waals surface area (Å²) in [4.78, 5) is 16.6. The van der Waals surface area contributed by atoms with Crippen LogP contribution in [-0.4, -0.2) is 60.6 Å². The van der Waals surface area contributed by atoms with E-state index in [-0.39, 0.29) is 6.03 Å². The van der Waals surface area contributed by atoms with Crippen molar-refractivity contribution in [1.29, 1.82) is 0 Å². The van der Waals surface area contributed by atoms with E-state index >= 15 is 0 Å². The van der Waals surface area contributed by atoms with E-state index in [4.69, 9.17) is 5.73 Å². The Morgan fingerprint density at radius 1 is 1.20 bits per heavy atom. The van der Waals surface area contributed by atoms with Gasteiger partial charge in [-0.2, -0.15) is 0 Å². The van der Waals surface area contributed by atoms with Crippen LogP contribution in [0.4, 0.5) is 4.79 Å². The summed E-state index contributed by atoms with van der Waals surface area (Å²) >= 11 is 0. The fraction of sp³-hybridized carbons (Fsp3) is 0.933. The molecule has 0 aromatic carbocycles. The summed E-state index contributed by atoms with van der Waals surface area (Å²) in [6, 6.07) is 1.01. The summed E-state index contributed by atoms with van der Waals surface area (Å²) in [5.41, 5.74) is 5.80. The smallest absolute Gasteiger partial charge is 0.317 e. The summed E-state index contributed by atoms with van der Waals surface area (Å²) in [6.45, 7) is 6.45. The minimum Gasteiger partial charge on any atom is -0.335 e. The highest BCUT2D eigenvalue weighted by Crippen LogP contribution is 2.18. The second kappa shape index (κ2) is 7.84. The molecule has 1 saturated heterocycles. The van der Waals surface area contributed by atoms with Gasteiger partial charge in [0.2, 0.25) is 0 Å². The van der Waals surface area contributed by atoms with Crippen molar-refractivity contribution >= 4 is 6.03 Å². The van der Waals surface area contributed by atoms with Crippen molar-refractivity contribution in [2.75, 3.05) is 32.7 Å². The van der Waals surface area contributed by atoms with Gasteiger partial charge in [-0.1, -0.05) is 26.2 Å². The molecule has 2 rings (SSSR count). The van der Waals surface area contributed by atoms with Gasteiger partial charge in [0.25, 0.3) is 0 Å². The van der Waals surface area contributed by atoms with E-state index in [2.05, 4.69) is 17.1 Å². The van der Waals surface area contributed by atoms with Crippen LogP contribution in [0.3, 0.4) is 0 Å². The molecule has 0 aromatic heterocycles. The molecule has 0 radical (unpaired) electrons. The molecule has 5 heteroatoms. The first kappa shape index (κ1) is 15.6. The van der Waals surface area contributed by atoms with Crippen molar-refractivity contribution in [1.82, 2.24) is 15.1 Å². The van der Waals surface area contributed by atoms with Crippen LogP contribution in [0.2, 0.25) is 0 Å². The van der Waals surface area contributed by atoms with Gasteiger partial charge in [0.1, 0.15) is 0 Å². The molecular weight excluding hydrogens is 252 g/mol. The third-order valence-corrected chi connectivity index (χ3v) is 4.79. The molecule has 20 heavy (non-hydrogen) atoms. The van der Waals surface area contributed by atoms with Crippen molar-refractivity contribution in [2.45, 2.75) is 57.5 Å². The maximum absolute atomic E-state index is 12.3. The van der Waals surface area contributed by atoms with Crippen LogP contribution in [-0.2, 0) is 0 Å². The predicted molar refractivity (Wildman–Crippen MR) is 81.7 cm³/mol. The highest BCUT2D eigenvalue weighted by Gasteiger charge is 2.26. The number of nitrogens with two attached hydrogens (primary N) is 1. The number of piperazine rings is 1. The minimum atomic E-state index is 0.136. The Morgan fingerprint density at radius 3 is 2.40 bits per heavy atom. The molecule has 2 aliphatic rings. The standard InChI is InChI=1S/C15H30N4O/c1-2-14(12-16)18-8-10-19(11-9-18)15(20)17-13-6-4-3-5-7-13/h13-14H,2-12,16H2,1H3,(H,17,20). The molecule has 1 saturated carbocycles. The van der Waals surface area contributed by atoms with Gasteiger partial charge in [0.05, 0.1) is 0 Å². The van der Waals surface area contributed by atoms with Gasteiger partial charge in [-0.3, -0.25) is 4.90 Å². The highest BCUT2D eigenvalue weighted by molar-refractivity contribution is 5.74. The molecule has 1 aliphatic carbocycles. The van der Waals surface area contributed by atoms with E-state index in [9.17, 15) is 4.79 Å². The molecule has 1 aliphatic heterocycles. The monoisotopic (exact) mass is 282 g/mol. The predicted octanol–water partition coefficient (Wildman–Crippen LogP) is 1.38. The third-order valence-electron chi connectivity index (χ3n) is 4.79. The maximum atomic E-state index is 12.3. The molecule has 116 valence electrons. The van der Waals surface area contributed by atoms with Crippen LogP contribution in [0.5, 0.6) is 0 Å². The second-order valence-corrected chi connectivity index (χ2v) is 6.11. The summed E-state index contributed by atoms with van der Waals surface area (Å²) in [5.74, 6) is 0. The number of hydrogen-bond donors (Lipinski definition) is 2. The number of urea groups is 1. The normalized spacial score (nSPS) is 23.6. The molecule has 3 N–H and O–H groups in total. The number of hydrogen-bond acceptors (Lipinski definition) is 3. The zero-order chi connectivity index (χ0) is 14.4. The number of nitrogens with one attached hydrogen (secondary N) is 1. The van der Waals surface area contributed by atoms with Gasteiger partial charge in [0, 0.05) is 44.8 Å². The van der Waals surface area contributed by atoms with Crippen molar-refractivity contribution in [2.24, 2.45) is 5.73 Å². The molecule has 2 amide bonds. The molecule has 1 heterocycles. The van der Waals surface area contributed by atoms with E-state index in [1.165, 1.54) is 19.3 Å². The lowest BCUT2D eigenvalue weighted by Gasteiger charge is -2.39. The molecular formula is C15H30N4O. The molecule has 0 aromatic rings. The van der Waals surface area contributed by atoms with Gasteiger partial charge in [-0.25, -0.2) is 4.79 Å². The fourth-order valence-electron chi connectivity index (χ4n) is 3.38. The average molecular weight is 282 g/mol. The van der Waals surface area contributed by atoms with Gasteiger partial charge in [-0.15, -0.1) is 0 Å². The van der Waals surface area contributed by atoms with Crippen molar-refractivity contribution in [3.8, 4) is 0 Å². The molecule has 0 bridgehead atoms. The molecule has 0 spiro atoms. The minimum absolute atomic E-state index is 0.136. The van der Waals surface area contributed by atoms with Crippen LogP contribution < -0.4 is 11.1 Å². The Morgan fingerprint density at radius 2 is 1.85 bits per heavy atom. The Bertz CT molecular complexity index is 292. The summed E-state index contributed by atoms with van der Waals surface area (Å²) in [7, 11) is 0. The lowest BCUT2D eigenvalue weighted by atomic mass is 9.96. The lowest BCUT2D eigenvalue weighted by molar-refractivity contribution is 0.106. The fourth-order valence-corrected chi connectivity index (χ4v) is 3.38. The summed E-state index contributed by atoms with van der Waals surface area (Å²) in [6.07, 6.45) is 7.22. The number of rotatable bonds is 4. The Kier molecular flexibility index (Phi) is 6.10. The van der Waals surface area contributed by atoms with Gasteiger partial charge < -0.3 is 16.0 Å². The van der Waals surface area contributed by atoms with Gasteiger partial charge >= 0.3 is 6.03 Å². The number of nitrogens with zero attached hydrogens (tertiary/aromatic N) is 2. The number of carbonyl (C=O) groups is 1. The van der Waals surface area contributed by atoms with Crippen LogP contribution in [0, 0.1) is 0 Å². The van der Waals surface area contributed by atoms with Crippen LogP contribution >= 0.6 is 0 Å². The molecule has 5 nitrogen and oxygen atoms in total. The Labute approximate surface area is 122 Å². The Balaban J connectivity index is 1.73. The van der Waals surface area contributed by atoms with Crippen molar-refractivity contribution in [3.63, 3.8) is 0 Å². The van der Waals surface area contributed by atoms with Crippen LogP contribution in [0.1, 0.15) is 45.4 Å². The number of amides is 2. The Hall–Kier alpha value is -0.810. The van der Waals surface area contributed by atoms with E-state index in [1.54, 1.807) is 0 Å². The van der Waals surface area contributed by atoms with E-state index < -0.39 is 0 Å². The quantitative estimate of drug-likeness (QED) is 0.819. The summed E-state index contributed by atoms with van der Waals surface area (Å²) in [5, 5.41) is 3.20. The zero-order valence-electron chi connectivity index (χ0n) is 12.8. The SMILES string of the molecule is CCC(CN)N1CCN(C(=O)NC2CCCCC2)CC1. The largest absolute Gasteiger partial charge is 0.335 e. The molecule has 1 atom stereocenters. The van der Waals surface area contributed by atoms with E-state index in [0.717, 1.165) is 45.4 Å². The average Bonchev–Trinajstić information content (AvgIpc) is 2.50. The molecule has 2 fully saturated rings. The molecule has 1 unspecified atom stereocenters. The maximum Gasteiger partial charge on any atom is 0.317 e. The van der Waals surface area contributed by atoms with Crippen LogP contribution in [0.25, 0.3) is 0 Å². The van der Waals surface area contributed by atoms with Crippen LogP contribution in [0.15, 0.2) is 0 Å². The first-order valence-electron chi connectivity index (χ1n) is 8.24. The lowest BCUT2D eigenvalue weighted by Crippen LogP contribution is -2.56. The first-order valence-corrected chi connectivity index (χ1v) is 8.24. The van der Waals surface area contributed by atoms with Gasteiger partial charge in [0.15, 0.2) is 0 Å².